The minimum Gasteiger partial charge on any atom is -0.207 e. The van der Waals surface area contributed by atoms with E-state index in [1.54, 1.807) is 16.4 Å². The zero-order valence-electron chi connectivity index (χ0n) is 18.0. The maximum absolute atomic E-state index is 13.6. The van der Waals surface area contributed by atoms with Crippen LogP contribution in [0.2, 0.25) is 5.02 Å². The van der Waals surface area contributed by atoms with Gasteiger partial charge in [-0.15, -0.1) is 0 Å². The second-order valence-corrected chi connectivity index (χ2v) is 12.8. The molecule has 9 heteroatoms. The van der Waals surface area contributed by atoms with E-state index in [-0.39, 0.29) is 22.4 Å². The van der Waals surface area contributed by atoms with Gasteiger partial charge in [-0.1, -0.05) is 43.0 Å². The Kier molecular flexibility index (Phi) is 7.27. The molecule has 0 bridgehead atoms. The van der Waals surface area contributed by atoms with Gasteiger partial charge in [0, 0.05) is 30.7 Å². The van der Waals surface area contributed by atoms with Gasteiger partial charge in [-0.25, -0.2) is 16.8 Å². The van der Waals surface area contributed by atoms with Gasteiger partial charge >= 0.3 is 0 Å². The highest BCUT2D eigenvalue weighted by Gasteiger charge is 2.34. The molecular weight excluding hydrogens is 468 g/mol. The lowest BCUT2D eigenvalue weighted by molar-refractivity contribution is 0.316. The summed E-state index contributed by atoms with van der Waals surface area (Å²) in [7, 11) is -7.39. The lowest BCUT2D eigenvalue weighted by Crippen LogP contribution is -2.38. The average Bonchev–Trinajstić information content (AvgIpc) is 3.33. The molecule has 1 saturated heterocycles. The van der Waals surface area contributed by atoms with Crippen LogP contribution in [-0.4, -0.2) is 44.6 Å². The van der Waals surface area contributed by atoms with Crippen molar-refractivity contribution in [2.45, 2.75) is 67.3 Å². The first-order valence-electron chi connectivity index (χ1n) is 11.1. The highest BCUT2D eigenvalue weighted by Crippen LogP contribution is 2.31. The molecule has 0 atom stereocenters. The molecule has 4 rings (SSSR count). The number of nitrogens with zero attached hydrogens (tertiary/aromatic N) is 2. The quantitative estimate of drug-likeness (QED) is 0.559. The number of hydrogen-bond acceptors (Lipinski definition) is 4. The van der Waals surface area contributed by atoms with E-state index in [0.29, 0.717) is 18.1 Å². The van der Waals surface area contributed by atoms with Crippen molar-refractivity contribution in [3.63, 3.8) is 0 Å². The van der Waals surface area contributed by atoms with Gasteiger partial charge in [0.05, 0.1) is 9.79 Å². The van der Waals surface area contributed by atoms with E-state index in [9.17, 15) is 16.8 Å². The van der Waals surface area contributed by atoms with Gasteiger partial charge < -0.3 is 0 Å². The molecular formula is C23H29ClN2O4S2. The van der Waals surface area contributed by atoms with Crippen molar-refractivity contribution in [3.05, 3.63) is 59.1 Å². The predicted octanol–water partition coefficient (Wildman–Crippen LogP) is 4.65. The van der Waals surface area contributed by atoms with Crippen molar-refractivity contribution in [2.75, 3.05) is 13.1 Å². The van der Waals surface area contributed by atoms with E-state index in [0.717, 1.165) is 50.5 Å². The van der Waals surface area contributed by atoms with Crippen LogP contribution in [0.3, 0.4) is 0 Å². The van der Waals surface area contributed by atoms with Gasteiger partial charge in [-0.3, -0.25) is 0 Å². The van der Waals surface area contributed by atoms with Gasteiger partial charge in [-0.2, -0.15) is 8.61 Å². The maximum atomic E-state index is 13.6. The van der Waals surface area contributed by atoms with Crippen LogP contribution in [0.25, 0.3) is 0 Å². The summed E-state index contributed by atoms with van der Waals surface area (Å²) < 4.78 is 56.1. The molecule has 1 heterocycles. The van der Waals surface area contributed by atoms with E-state index in [1.807, 2.05) is 12.1 Å². The van der Waals surface area contributed by atoms with Crippen LogP contribution in [0.4, 0.5) is 0 Å². The summed E-state index contributed by atoms with van der Waals surface area (Å²) in [6, 6.07) is 12.8. The molecule has 6 nitrogen and oxygen atoms in total. The van der Waals surface area contributed by atoms with Crippen molar-refractivity contribution in [1.82, 2.24) is 8.61 Å². The minimum absolute atomic E-state index is 0.0626. The van der Waals surface area contributed by atoms with Crippen LogP contribution >= 0.6 is 11.6 Å². The van der Waals surface area contributed by atoms with Crippen LogP contribution in [0.5, 0.6) is 0 Å². The minimum atomic E-state index is -3.79. The Labute approximate surface area is 196 Å². The Morgan fingerprint density at radius 3 is 1.94 bits per heavy atom. The number of hydrogen-bond donors (Lipinski definition) is 0. The third-order valence-corrected chi connectivity index (χ3v) is 10.4. The van der Waals surface area contributed by atoms with Crippen LogP contribution in [-0.2, 0) is 26.6 Å². The molecule has 0 aromatic heterocycles. The highest BCUT2D eigenvalue weighted by atomic mass is 35.5. The van der Waals surface area contributed by atoms with Crippen molar-refractivity contribution in [1.29, 1.82) is 0 Å². The van der Waals surface area contributed by atoms with E-state index < -0.39 is 20.0 Å². The van der Waals surface area contributed by atoms with Gasteiger partial charge in [0.25, 0.3) is 0 Å². The molecule has 1 aliphatic heterocycles. The van der Waals surface area contributed by atoms with Gasteiger partial charge in [0.2, 0.25) is 20.0 Å². The van der Waals surface area contributed by atoms with Crippen molar-refractivity contribution >= 4 is 31.6 Å². The third-order valence-electron chi connectivity index (χ3n) is 6.37. The summed E-state index contributed by atoms with van der Waals surface area (Å²) >= 11 is 5.98. The van der Waals surface area contributed by atoms with E-state index in [2.05, 4.69) is 0 Å². The standard InChI is InChI=1S/C23H29ClN2O4S2/c24-20-10-8-19(9-11-20)18-26(21-6-2-3-7-21)32(29,30)23-14-12-22(13-15-23)31(27,28)25-16-4-1-5-17-25/h8-15,21H,1-7,16-18H2. The Bertz CT molecular complexity index is 1120. The monoisotopic (exact) mass is 496 g/mol. The molecule has 0 N–H and O–H groups in total. The zero-order valence-corrected chi connectivity index (χ0v) is 20.4. The fraction of sp³-hybridized carbons (Fsp3) is 0.478. The second-order valence-electron chi connectivity index (χ2n) is 8.55. The predicted molar refractivity (Wildman–Crippen MR) is 125 cm³/mol. The number of benzene rings is 2. The summed E-state index contributed by atoms with van der Waals surface area (Å²) in [5, 5.41) is 0.606. The molecule has 2 aromatic rings. The Balaban J connectivity index is 1.61. The summed E-state index contributed by atoms with van der Waals surface area (Å²) in [4.78, 5) is 0.263. The first-order chi connectivity index (χ1) is 15.3. The van der Waals surface area contributed by atoms with E-state index in [4.69, 9.17) is 11.6 Å². The van der Waals surface area contributed by atoms with Crippen LogP contribution in [0, 0.1) is 0 Å². The van der Waals surface area contributed by atoms with Crippen LogP contribution < -0.4 is 0 Å². The topological polar surface area (TPSA) is 74.8 Å². The molecule has 0 unspecified atom stereocenters. The summed E-state index contributed by atoms with van der Waals surface area (Å²) in [6.07, 6.45) is 6.41. The largest absolute Gasteiger partial charge is 0.243 e. The molecule has 2 aliphatic rings. The zero-order chi connectivity index (χ0) is 22.8. The van der Waals surface area contributed by atoms with Crippen LogP contribution in [0.15, 0.2) is 58.3 Å². The highest BCUT2D eigenvalue weighted by molar-refractivity contribution is 7.89. The second kappa shape index (κ2) is 9.81. The third kappa shape index (κ3) is 5.04. The summed E-state index contributed by atoms with van der Waals surface area (Å²) in [6.45, 7) is 1.29. The molecule has 2 fully saturated rings. The molecule has 0 radical (unpaired) electrons. The number of piperidine rings is 1. The maximum Gasteiger partial charge on any atom is 0.243 e. The van der Waals surface area contributed by atoms with Gasteiger partial charge in [0.1, 0.15) is 0 Å². The number of rotatable bonds is 7. The summed E-state index contributed by atoms with van der Waals surface area (Å²) in [5.74, 6) is 0. The van der Waals surface area contributed by atoms with Gasteiger partial charge in [0.15, 0.2) is 0 Å². The smallest absolute Gasteiger partial charge is 0.207 e. The molecule has 1 aliphatic carbocycles. The van der Waals surface area contributed by atoms with Crippen LogP contribution in [0.1, 0.15) is 50.5 Å². The van der Waals surface area contributed by atoms with Crippen molar-refractivity contribution in [2.24, 2.45) is 0 Å². The number of sulfonamides is 2. The lowest BCUT2D eigenvalue weighted by Gasteiger charge is -2.28. The first-order valence-corrected chi connectivity index (χ1v) is 14.4. The first kappa shape index (κ1) is 23.7. The lowest BCUT2D eigenvalue weighted by atomic mass is 10.2. The molecule has 32 heavy (non-hydrogen) atoms. The Morgan fingerprint density at radius 1 is 0.781 bits per heavy atom. The average molecular weight is 497 g/mol. The fourth-order valence-corrected chi connectivity index (χ4v) is 7.86. The van der Waals surface area contributed by atoms with Crippen molar-refractivity contribution < 1.29 is 16.8 Å². The molecule has 0 spiro atoms. The van der Waals surface area contributed by atoms with Gasteiger partial charge in [-0.05, 0) is 67.6 Å². The van der Waals surface area contributed by atoms with Crippen molar-refractivity contribution in [3.8, 4) is 0 Å². The summed E-state index contributed by atoms with van der Waals surface area (Å²) in [5.41, 5.74) is 0.870. The Morgan fingerprint density at radius 2 is 1.34 bits per heavy atom. The SMILES string of the molecule is O=S(=O)(c1ccc(S(=O)(=O)N(Cc2ccc(Cl)cc2)C2CCCC2)cc1)N1CCCCC1. The Hall–Kier alpha value is -1.45. The van der Waals surface area contributed by atoms with E-state index >= 15 is 0 Å². The number of halogens is 1. The molecule has 0 amide bonds. The molecule has 2 aromatic carbocycles. The normalized spacial score (nSPS) is 18.9. The molecule has 174 valence electrons. The molecule has 1 saturated carbocycles. The fourth-order valence-electron chi connectivity index (χ4n) is 4.55. The van der Waals surface area contributed by atoms with E-state index in [1.165, 1.54) is 28.6 Å².